The summed E-state index contributed by atoms with van der Waals surface area (Å²) < 4.78 is 78.5. The smallest absolute Gasteiger partial charge is 0.387 e. The van der Waals surface area contributed by atoms with Crippen molar-refractivity contribution in [2.24, 2.45) is 11.8 Å². The third kappa shape index (κ3) is 5.22. The van der Waals surface area contributed by atoms with Crippen molar-refractivity contribution in [1.29, 1.82) is 0 Å². The van der Waals surface area contributed by atoms with Crippen molar-refractivity contribution in [2.45, 2.75) is 32.5 Å². The largest absolute Gasteiger partial charge is 0.429 e. The average molecular weight is 406 g/mol. The van der Waals surface area contributed by atoms with Crippen LogP contribution >= 0.6 is 0 Å². The molecule has 0 radical (unpaired) electrons. The van der Waals surface area contributed by atoms with Gasteiger partial charge in [-0.3, -0.25) is 0 Å². The predicted molar refractivity (Wildman–Crippen MR) is 89.7 cm³/mol. The van der Waals surface area contributed by atoms with Crippen molar-refractivity contribution >= 4 is 0 Å². The highest BCUT2D eigenvalue weighted by Crippen LogP contribution is 2.33. The molecule has 156 valence electrons. The van der Waals surface area contributed by atoms with Crippen LogP contribution in [-0.2, 0) is 18.9 Å². The van der Waals surface area contributed by atoms with E-state index in [1.807, 2.05) is 6.92 Å². The fourth-order valence-electron chi connectivity index (χ4n) is 3.03. The van der Waals surface area contributed by atoms with Crippen LogP contribution in [0.4, 0.5) is 17.6 Å². The summed E-state index contributed by atoms with van der Waals surface area (Å²) in [6.07, 6.45) is 3.56. The molecule has 2 aliphatic rings. The number of ether oxygens (including phenoxy) is 5. The Morgan fingerprint density at radius 2 is 1.64 bits per heavy atom. The molecule has 0 aromatic heterocycles. The average Bonchev–Trinajstić information content (AvgIpc) is 2.69. The van der Waals surface area contributed by atoms with Crippen molar-refractivity contribution < 1.29 is 41.2 Å². The Kier molecular flexibility index (Phi) is 7.28. The van der Waals surface area contributed by atoms with Crippen LogP contribution in [0.1, 0.15) is 25.2 Å². The first-order valence-corrected chi connectivity index (χ1v) is 9.04. The summed E-state index contributed by atoms with van der Waals surface area (Å²) in [5.41, 5.74) is 0.0327. The highest BCUT2D eigenvalue weighted by atomic mass is 19.3. The predicted octanol–water partition coefficient (Wildman–Crippen LogP) is 4.18. The molecule has 0 spiro atoms. The Labute approximate surface area is 160 Å². The topological polar surface area (TPSA) is 46.2 Å². The van der Waals surface area contributed by atoms with Crippen molar-refractivity contribution in [1.82, 2.24) is 0 Å². The Bertz CT molecular complexity index is 645. The lowest BCUT2D eigenvalue weighted by Crippen LogP contribution is -2.42. The minimum Gasteiger partial charge on any atom is -0.429 e. The molecule has 0 atom stereocenters. The van der Waals surface area contributed by atoms with E-state index in [0.29, 0.717) is 13.2 Å². The third-order valence-corrected chi connectivity index (χ3v) is 4.40. The summed E-state index contributed by atoms with van der Waals surface area (Å²) in [5, 5.41) is 0. The maximum atomic E-state index is 13.9. The molecule has 0 saturated carbocycles. The van der Waals surface area contributed by atoms with Crippen LogP contribution in [0.2, 0.25) is 0 Å². The van der Waals surface area contributed by atoms with E-state index >= 15 is 0 Å². The zero-order chi connectivity index (χ0) is 20.1. The van der Waals surface area contributed by atoms with E-state index in [-0.39, 0.29) is 30.6 Å². The van der Waals surface area contributed by atoms with Gasteiger partial charge in [-0.2, -0.15) is 8.78 Å². The van der Waals surface area contributed by atoms with E-state index in [9.17, 15) is 17.6 Å². The molecule has 9 heteroatoms. The second-order valence-electron chi connectivity index (χ2n) is 6.58. The second-order valence-corrected chi connectivity index (χ2v) is 6.58. The highest BCUT2D eigenvalue weighted by Gasteiger charge is 2.34. The van der Waals surface area contributed by atoms with E-state index in [0.717, 1.165) is 18.6 Å². The molecule has 1 aromatic rings. The number of benzene rings is 1. The molecule has 0 N–H and O–H groups in total. The number of alkyl halides is 2. The summed E-state index contributed by atoms with van der Waals surface area (Å²) >= 11 is 0. The maximum absolute atomic E-state index is 13.9. The van der Waals surface area contributed by atoms with Crippen LogP contribution in [-0.4, -0.2) is 39.3 Å². The fraction of sp³-hybridized carbons (Fsp3) is 0.579. The van der Waals surface area contributed by atoms with Gasteiger partial charge in [0.2, 0.25) is 0 Å². The molecule has 2 fully saturated rings. The van der Waals surface area contributed by atoms with Crippen LogP contribution in [0, 0.1) is 23.5 Å². The number of allylic oxidation sites excluding steroid dienone is 1. The van der Waals surface area contributed by atoms with Gasteiger partial charge in [0, 0.05) is 11.5 Å². The van der Waals surface area contributed by atoms with Gasteiger partial charge in [0.25, 0.3) is 0 Å². The Balaban J connectivity index is 1.54. The molecule has 2 heterocycles. The van der Waals surface area contributed by atoms with Crippen molar-refractivity contribution in [3.8, 4) is 5.75 Å². The first-order valence-electron chi connectivity index (χ1n) is 9.04. The first-order chi connectivity index (χ1) is 13.5. The third-order valence-electron chi connectivity index (χ3n) is 4.40. The molecule has 0 unspecified atom stereocenters. The SMILES string of the molecule is CCC=CC1COC(C2COC(c3cc(F)c(OC(F)F)c(F)c3)OC2)OC1. The standard InChI is InChI=1S/C19H22F4O5/c1-2-3-4-11-7-24-18(25-8-11)13-9-26-17(27-10-13)12-5-14(20)16(15(21)6-12)28-19(22)23/h3-6,11,13,17-19H,2,7-10H2,1H3. The number of rotatable bonds is 6. The van der Waals surface area contributed by atoms with Gasteiger partial charge < -0.3 is 23.7 Å². The molecule has 2 aliphatic heterocycles. The fourth-order valence-corrected chi connectivity index (χ4v) is 3.03. The summed E-state index contributed by atoms with van der Waals surface area (Å²) in [7, 11) is 0. The lowest BCUT2D eigenvalue weighted by atomic mass is 10.1. The van der Waals surface area contributed by atoms with E-state index in [4.69, 9.17) is 18.9 Å². The van der Waals surface area contributed by atoms with Crippen LogP contribution in [0.15, 0.2) is 24.3 Å². The van der Waals surface area contributed by atoms with Gasteiger partial charge in [-0.15, -0.1) is 0 Å². The van der Waals surface area contributed by atoms with Crippen LogP contribution in [0.5, 0.6) is 5.75 Å². The summed E-state index contributed by atoms with van der Waals surface area (Å²) in [5.74, 6) is -3.63. The minimum atomic E-state index is -3.33. The first kappa shape index (κ1) is 21.0. The van der Waals surface area contributed by atoms with Crippen molar-refractivity contribution in [3.63, 3.8) is 0 Å². The van der Waals surface area contributed by atoms with Crippen LogP contribution in [0.25, 0.3) is 0 Å². The Morgan fingerprint density at radius 3 is 2.18 bits per heavy atom. The van der Waals surface area contributed by atoms with E-state index in [1.165, 1.54) is 0 Å². The lowest BCUT2D eigenvalue weighted by Gasteiger charge is -2.37. The molecule has 28 heavy (non-hydrogen) atoms. The monoisotopic (exact) mass is 406 g/mol. The molecule has 2 saturated heterocycles. The summed E-state index contributed by atoms with van der Waals surface area (Å²) in [4.78, 5) is 0. The van der Waals surface area contributed by atoms with Gasteiger partial charge in [-0.1, -0.05) is 19.1 Å². The highest BCUT2D eigenvalue weighted by molar-refractivity contribution is 5.32. The van der Waals surface area contributed by atoms with Gasteiger partial charge in [0.05, 0.1) is 32.3 Å². The minimum absolute atomic E-state index is 0.0327. The number of hydrogen-bond donors (Lipinski definition) is 0. The molecular formula is C19H22F4O5. The van der Waals surface area contributed by atoms with Gasteiger partial charge >= 0.3 is 6.61 Å². The Hall–Kier alpha value is -1.68. The number of halogens is 4. The maximum Gasteiger partial charge on any atom is 0.387 e. The van der Waals surface area contributed by atoms with Crippen molar-refractivity contribution in [2.75, 3.05) is 26.4 Å². The zero-order valence-corrected chi connectivity index (χ0v) is 15.3. The van der Waals surface area contributed by atoms with Gasteiger partial charge in [-0.25, -0.2) is 8.78 Å². The van der Waals surface area contributed by atoms with Crippen LogP contribution in [0.3, 0.4) is 0 Å². The molecule has 5 nitrogen and oxygen atoms in total. The van der Waals surface area contributed by atoms with Gasteiger partial charge in [-0.05, 0) is 18.6 Å². The summed E-state index contributed by atoms with van der Waals surface area (Å²) in [6.45, 7) is 0.179. The van der Waals surface area contributed by atoms with E-state index in [1.54, 1.807) is 0 Å². The molecule has 3 rings (SSSR count). The molecule has 0 bridgehead atoms. The molecule has 0 aliphatic carbocycles. The molecule has 1 aromatic carbocycles. The van der Waals surface area contributed by atoms with E-state index < -0.39 is 36.6 Å². The van der Waals surface area contributed by atoms with Gasteiger partial charge in [0.15, 0.2) is 30.0 Å². The van der Waals surface area contributed by atoms with Crippen LogP contribution < -0.4 is 4.74 Å². The van der Waals surface area contributed by atoms with E-state index in [2.05, 4.69) is 16.9 Å². The quantitative estimate of drug-likeness (QED) is 0.524. The van der Waals surface area contributed by atoms with Crippen molar-refractivity contribution in [3.05, 3.63) is 41.5 Å². The molecule has 0 amide bonds. The lowest BCUT2D eigenvalue weighted by molar-refractivity contribution is -0.280. The van der Waals surface area contributed by atoms with Gasteiger partial charge in [0.1, 0.15) is 0 Å². The molecular weight excluding hydrogens is 384 g/mol. The normalized spacial score (nSPS) is 28.8. The summed E-state index contributed by atoms with van der Waals surface area (Å²) in [6, 6.07) is 1.70. The second kappa shape index (κ2) is 9.69. The Morgan fingerprint density at radius 1 is 1.04 bits per heavy atom. The zero-order valence-electron chi connectivity index (χ0n) is 15.3. The number of hydrogen-bond acceptors (Lipinski definition) is 5.